The highest BCUT2D eigenvalue weighted by Crippen LogP contribution is 2.17. The Kier molecular flexibility index (Phi) is 3.42. The Balaban J connectivity index is 2.69. The van der Waals surface area contributed by atoms with Gasteiger partial charge in [-0.05, 0) is 33.6 Å². The van der Waals surface area contributed by atoms with Crippen LogP contribution in [0, 0.1) is 5.92 Å². The average Bonchev–Trinajstić information content (AvgIpc) is 2.51. The molecule has 0 amide bonds. The molecule has 1 N–H and O–H groups in total. The van der Waals surface area contributed by atoms with E-state index in [4.69, 9.17) is 0 Å². The molecule has 3 nitrogen and oxygen atoms in total. The second-order valence-corrected chi connectivity index (χ2v) is 5.52. The number of hydrogen-bond donors (Lipinski definition) is 1. The van der Waals surface area contributed by atoms with Gasteiger partial charge in [0.15, 0.2) is 0 Å². The van der Waals surface area contributed by atoms with Gasteiger partial charge in [0.2, 0.25) is 0 Å². The lowest BCUT2D eigenvalue weighted by molar-refractivity contribution is 0.355. The molecule has 1 aromatic rings. The van der Waals surface area contributed by atoms with E-state index in [-0.39, 0.29) is 5.54 Å². The molecule has 0 spiro atoms. The molecule has 0 aliphatic rings. The molecule has 0 aliphatic carbocycles. The van der Waals surface area contributed by atoms with Crippen LogP contribution in [0.2, 0.25) is 0 Å². The van der Waals surface area contributed by atoms with E-state index in [2.05, 4.69) is 58.2 Å². The summed E-state index contributed by atoms with van der Waals surface area (Å²) >= 11 is 0. The molecule has 0 fully saturated rings. The normalized spacial score (nSPS) is 14.3. The van der Waals surface area contributed by atoms with Crippen molar-refractivity contribution in [2.45, 2.75) is 53.1 Å². The summed E-state index contributed by atoms with van der Waals surface area (Å²) in [6.07, 6.45) is 3.96. The molecule has 1 atom stereocenters. The lowest BCUT2D eigenvalue weighted by Gasteiger charge is -2.19. The quantitative estimate of drug-likeness (QED) is 0.829. The summed E-state index contributed by atoms with van der Waals surface area (Å²) in [5.41, 5.74) is 1.16. The summed E-state index contributed by atoms with van der Waals surface area (Å²) in [4.78, 5) is 0. The van der Waals surface area contributed by atoms with E-state index in [1.165, 1.54) is 0 Å². The van der Waals surface area contributed by atoms with E-state index < -0.39 is 0 Å². The van der Waals surface area contributed by atoms with Gasteiger partial charge in [-0.1, -0.05) is 13.8 Å². The largest absolute Gasteiger partial charge is 0.380 e. The molecule has 0 aromatic carbocycles. The van der Waals surface area contributed by atoms with Crippen molar-refractivity contribution in [2.75, 3.05) is 5.32 Å². The van der Waals surface area contributed by atoms with Gasteiger partial charge in [0.1, 0.15) is 0 Å². The minimum absolute atomic E-state index is 0.0565. The second-order valence-electron chi connectivity index (χ2n) is 5.52. The van der Waals surface area contributed by atoms with E-state index >= 15 is 0 Å². The molecule has 0 saturated heterocycles. The number of nitrogens with zero attached hydrogens (tertiary/aromatic N) is 2. The Bertz CT molecular complexity index is 307. The Morgan fingerprint density at radius 2 is 1.87 bits per heavy atom. The fourth-order valence-electron chi connectivity index (χ4n) is 1.19. The smallest absolute Gasteiger partial charge is 0.0728 e. The summed E-state index contributed by atoms with van der Waals surface area (Å²) in [7, 11) is 0. The third-order valence-corrected chi connectivity index (χ3v) is 2.66. The van der Waals surface area contributed by atoms with Gasteiger partial charge in [-0.25, -0.2) is 0 Å². The van der Waals surface area contributed by atoms with Crippen LogP contribution >= 0.6 is 0 Å². The maximum Gasteiger partial charge on any atom is 0.0728 e. The van der Waals surface area contributed by atoms with Crippen LogP contribution in [-0.2, 0) is 5.54 Å². The standard InChI is InChI=1S/C12H23N3/c1-9(2)10(3)14-11-7-13-15(8-11)12(4,5)6/h7-10,14H,1-6H3. The molecular formula is C12H23N3. The number of anilines is 1. The van der Waals surface area contributed by atoms with E-state index in [1.807, 2.05) is 10.9 Å². The first-order chi connectivity index (χ1) is 6.80. The summed E-state index contributed by atoms with van der Waals surface area (Å²) in [5, 5.41) is 7.80. The molecule has 86 valence electrons. The van der Waals surface area contributed by atoms with Crippen LogP contribution < -0.4 is 5.32 Å². The predicted molar refractivity (Wildman–Crippen MR) is 65.1 cm³/mol. The first kappa shape index (κ1) is 12.1. The van der Waals surface area contributed by atoms with E-state index in [0.29, 0.717) is 12.0 Å². The minimum Gasteiger partial charge on any atom is -0.380 e. The third-order valence-electron chi connectivity index (χ3n) is 2.66. The Labute approximate surface area is 92.9 Å². The van der Waals surface area contributed by atoms with Gasteiger partial charge in [0.25, 0.3) is 0 Å². The number of hydrogen-bond acceptors (Lipinski definition) is 2. The van der Waals surface area contributed by atoms with Gasteiger partial charge in [0.05, 0.1) is 17.4 Å². The Morgan fingerprint density at radius 3 is 2.27 bits per heavy atom. The topological polar surface area (TPSA) is 29.9 Å². The van der Waals surface area contributed by atoms with E-state index in [1.54, 1.807) is 0 Å². The molecule has 1 aromatic heterocycles. The zero-order valence-electron chi connectivity index (χ0n) is 10.7. The van der Waals surface area contributed by atoms with Gasteiger partial charge in [-0.2, -0.15) is 5.10 Å². The number of aromatic nitrogens is 2. The van der Waals surface area contributed by atoms with Crippen molar-refractivity contribution in [3.63, 3.8) is 0 Å². The van der Waals surface area contributed by atoms with Crippen LogP contribution in [0.15, 0.2) is 12.4 Å². The van der Waals surface area contributed by atoms with Crippen molar-refractivity contribution in [3.05, 3.63) is 12.4 Å². The summed E-state index contributed by atoms with van der Waals surface area (Å²) in [5.74, 6) is 0.628. The van der Waals surface area contributed by atoms with Crippen LogP contribution in [0.3, 0.4) is 0 Å². The van der Waals surface area contributed by atoms with Crippen LogP contribution in [0.1, 0.15) is 41.5 Å². The average molecular weight is 209 g/mol. The molecule has 1 heterocycles. The molecule has 3 heteroatoms. The van der Waals surface area contributed by atoms with Gasteiger partial charge in [-0.15, -0.1) is 0 Å². The monoisotopic (exact) mass is 209 g/mol. The van der Waals surface area contributed by atoms with Gasteiger partial charge >= 0.3 is 0 Å². The SMILES string of the molecule is CC(C)C(C)Nc1cnn(C(C)(C)C)c1. The highest BCUT2D eigenvalue weighted by Gasteiger charge is 2.15. The van der Waals surface area contributed by atoms with Gasteiger partial charge in [0, 0.05) is 12.2 Å². The zero-order valence-corrected chi connectivity index (χ0v) is 10.7. The summed E-state index contributed by atoms with van der Waals surface area (Å²) in [6.45, 7) is 13.1. The molecule has 1 rings (SSSR count). The predicted octanol–water partition coefficient (Wildman–Crippen LogP) is 3.09. The molecule has 15 heavy (non-hydrogen) atoms. The first-order valence-electron chi connectivity index (χ1n) is 5.62. The Hall–Kier alpha value is -0.990. The van der Waals surface area contributed by atoms with E-state index in [0.717, 1.165) is 5.69 Å². The molecule has 0 bridgehead atoms. The van der Waals surface area contributed by atoms with Crippen molar-refractivity contribution in [1.29, 1.82) is 0 Å². The van der Waals surface area contributed by atoms with Crippen LogP contribution in [0.25, 0.3) is 0 Å². The fourth-order valence-corrected chi connectivity index (χ4v) is 1.19. The van der Waals surface area contributed by atoms with Crippen molar-refractivity contribution in [1.82, 2.24) is 9.78 Å². The van der Waals surface area contributed by atoms with Crippen LogP contribution in [0.4, 0.5) is 5.69 Å². The fraction of sp³-hybridized carbons (Fsp3) is 0.750. The molecule has 0 radical (unpaired) electrons. The summed E-state index contributed by atoms with van der Waals surface area (Å²) in [6, 6.07) is 0.475. The van der Waals surface area contributed by atoms with Crippen molar-refractivity contribution < 1.29 is 0 Å². The molecule has 0 saturated carbocycles. The van der Waals surface area contributed by atoms with Crippen molar-refractivity contribution >= 4 is 5.69 Å². The van der Waals surface area contributed by atoms with Crippen LogP contribution in [-0.4, -0.2) is 15.8 Å². The number of rotatable bonds is 3. The molecular weight excluding hydrogens is 186 g/mol. The zero-order chi connectivity index (χ0) is 11.6. The highest BCUT2D eigenvalue weighted by atomic mass is 15.3. The number of nitrogens with one attached hydrogen (secondary N) is 1. The first-order valence-corrected chi connectivity index (χ1v) is 5.62. The van der Waals surface area contributed by atoms with Gasteiger partial charge in [-0.3, -0.25) is 4.68 Å². The Morgan fingerprint density at radius 1 is 1.27 bits per heavy atom. The maximum atomic E-state index is 4.35. The second kappa shape index (κ2) is 4.25. The minimum atomic E-state index is 0.0565. The van der Waals surface area contributed by atoms with Gasteiger partial charge < -0.3 is 5.32 Å². The summed E-state index contributed by atoms with van der Waals surface area (Å²) < 4.78 is 1.99. The maximum absolute atomic E-state index is 4.35. The van der Waals surface area contributed by atoms with Crippen molar-refractivity contribution in [3.8, 4) is 0 Å². The highest BCUT2D eigenvalue weighted by molar-refractivity contribution is 5.39. The molecule has 1 unspecified atom stereocenters. The molecule has 0 aliphatic heterocycles. The lowest BCUT2D eigenvalue weighted by Crippen LogP contribution is -2.23. The lowest BCUT2D eigenvalue weighted by atomic mass is 10.1. The third kappa shape index (κ3) is 3.26. The van der Waals surface area contributed by atoms with E-state index in [9.17, 15) is 0 Å². The van der Waals surface area contributed by atoms with Crippen molar-refractivity contribution in [2.24, 2.45) is 5.92 Å². The van der Waals surface area contributed by atoms with Crippen LogP contribution in [0.5, 0.6) is 0 Å².